The van der Waals surface area contributed by atoms with Gasteiger partial charge in [0, 0.05) is 6.54 Å². The standard InChI is InChI=1S/C16H23N3O4/c1-16(7-17,8-2-3-8)18-11(20)6-19-14(21)12-9-4-5-10(23-9)13(12)15(19)22/h8-10,12-13H,2-7,17H2,1H3,(H,18,20). The molecule has 2 bridgehead atoms. The van der Waals surface area contributed by atoms with Gasteiger partial charge in [-0.3, -0.25) is 19.3 Å². The maximum absolute atomic E-state index is 12.5. The summed E-state index contributed by atoms with van der Waals surface area (Å²) in [6.45, 7) is 2.08. The Kier molecular flexibility index (Phi) is 3.29. The van der Waals surface area contributed by atoms with Crippen LogP contribution < -0.4 is 11.1 Å². The van der Waals surface area contributed by atoms with Crippen LogP contribution in [-0.2, 0) is 19.1 Å². The van der Waals surface area contributed by atoms with Gasteiger partial charge in [0.2, 0.25) is 17.7 Å². The third kappa shape index (κ3) is 2.21. The van der Waals surface area contributed by atoms with E-state index in [1.165, 1.54) is 0 Å². The van der Waals surface area contributed by atoms with Crippen LogP contribution in [0.3, 0.4) is 0 Å². The Morgan fingerprint density at radius 3 is 2.26 bits per heavy atom. The molecule has 3 amide bonds. The summed E-state index contributed by atoms with van der Waals surface area (Å²) in [5, 5.41) is 2.94. The highest BCUT2D eigenvalue weighted by molar-refractivity contribution is 6.08. The Balaban J connectivity index is 1.44. The smallest absolute Gasteiger partial charge is 0.240 e. The normalized spacial score (nSPS) is 37.9. The molecule has 0 radical (unpaired) electrons. The van der Waals surface area contributed by atoms with Gasteiger partial charge in [0.15, 0.2) is 0 Å². The summed E-state index contributed by atoms with van der Waals surface area (Å²) in [6, 6.07) is 0. The third-order valence-electron chi connectivity index (χ3n) is 6.00. The molecule has 1 saturated carbocycles. The molecule has 4 fully saturated rings. The molecular formula is C16H23N3O4. The molecule has 0 aromatic rings. The number of imide groups is 1. The van der Waals surface area contributed by atoms with Crippen LogP contribution in [0.2, 0.25) is 0 Å². The highest BCUT2D eigenvalue weighted by atomic mass is 16.5. The topological polar surface area (TPSA) is 102 Å². The van der Waals surface area contributed by atoms with E-state index >= 15 is 0 Å². The van der Waals surface area contributed by atoms with Gasteiger partial charge in [-0.05, 0) is 38.5 Å². The summed E-state index contributed by atoms with van der Waals surface area (Å²) < 4.78 is 5.69. The lowest BCUT2D eigenvalue weighted by molar-refractivity contribution is -0.146. The number of carbonyl (C=O) groups is 3. The molecule has 5 unspecified atom stereocenters. The first-order valence-corrected chi connectivity index (χ1v) is 8.46. The van der Waals surface area contributed by atoms with Crippen LogP contribution in [-0.4, -0.2) is 53.5 Å². The van der Waals surface area contributed by atoms with Crippen LogP contribution in [0, 0.1) is 17.8 Å². The molecule has 4 aliphatic rings. The molecule has 23 heavy (non-hydrogen) atoms. The summed E-state index contributed by atoms with van der Waals surface area (Å²) in [5.41, 5.74) is 5.36. The minimum atomic E-state index is -0.444. The van der Waals surface area contributed by atoms with Crippen LogP contribution in [0.25, 0.3) is 0 Å². The fourth-order valence-corrected chi connectivity index (χ4v) is 4.47. The highest BCUT2D eigenvalue weighted by Gasteiger charge is 2.62. The van der Waals surface area contributed by atoms with Crippen molar-refractivity contribution >= 4 is 17.7 Å². The van der Waals surface area contributed by atoms with Crippen LogP contribution in [0.1, 0.15) is 32.6 Å². The molecule has 126 valence electrons. The molecule has 4 rings (SSSR count). The molecular weight excluding hydrogens is 298 g/mol. The first-order chi connectivity index (χ1) is 10.9. The largest absolute Gasteiger partial charge is 0.373 e. The SMILES string of the molecule is CC(CN)(NC(=O)CN1C(=O)C2C3CCC(O3)C2C1=O)C1CC1. The number of amides is 3. The summed E-state index contributed by atoms with van der Waals surface area (Å²) in [5.74, 6) is -1.16. The second-order valence-electron chi connectivity index (χ2n) is 7.55. The average molecular weight is 321 g/mol. The number of hydrogen-bond donors (Lipinski definition) is 2. The molecule has 1 aliphatic carbocycles. The van der Waals surface area contributed by atoms with Crippen LogP contribution in [0.4, 0.5) is 0 Å². The van der Waals surface area contributed by atoms with Gasteiger partial charge < -0.3 is 15.8 Å². The van der Waals surface area contributed by atoms with Crippen molar-refractivity contribution in [2.24, 2.45) is 23.5 Å². The fourth-order valence-electron chi connectivity index (χ4n) is 4.47. The zero-order valence-corrected chi connectivity index (χ0v) is 13.3. The van der Waals surface area contributed by atoms with Crippen molar-refractivity contribution in [3.05, 3.63) is 0 Å². The van der Waals surface area contributed by atoms with Crippen LogP contribution >= 0.6 is 0 Å². The van der Waals surface area contributed by atoms with E-state index in [0.717, 1.165) is 30.6 Å². The molecule has 3 saturated heterocycles. The zero-order valence-electron chi connectivity index (χ0n) is 13.3. The number of hydrogen-bond acceptors (Lipinski definition) is 5. The molecule has 7 heteroatoms. The molecule has 0 aromatic heterocycles. The van der Waals surface area contributed by atoms with Crippen molar-refractivity contribution in [3.63, 3.8) is 0 Å². The van der Waals surface area contributed by atoms with Crippen LogP contribution in [0.15, 0.2) is 0 Å². The van der Waals surface area contributed by atoms with E-state index in [1.807, 2.05) is 6.92 Å². The number of fused-ring (bicyclic) bond motifs is 5. The van der Waals surface area contributed by atoms with Crippen LogP contribution in [0.5, 0.6) is 0 Å². The van der Waals surface area contributed by atoms with E-state index in [9.17, 15) is 14.4 Å². The van der Waals surface area contributed by atoms with Gasteiger partial charge in [0.1, 0.15) is 6.54 Å². The monoisotopic (exact) mass is 321 g/mol. The van der Waals surface area contributed by atoms with E-state index in [1.54, 1.807) is 0 Å². The van der Waals surface area contributed by atoms with Gasteiger partial charge in [-0.15, -0.1) is 0 Å². The second-order valence-corrected chi connectivity index (χ2v) is 7.55. The maximum Gasteiger partial charge on any atom is 0.240 e. The molecule has 0 spiro atoms. The molecule has 0 aromatic carbocycles. The zero-order chi connectivity index (χ0) is 16.4. The Morgan fingerprint density at radius 2 is 1.78 bits per heavy atom. The minimum absolute atomic E-state index is 0.143. The van der Waals surface area contributed by atoms with Crippen molar-refractivity contribution in [1.82, 2.24) is 10.2 Å². The van der Waals surface area contributed by atoms with Crippen molar-refractivity contribution in [2.75, 3.05) is 13.1 Å². The number of nitrogens with one attached hydrogen (secondary N) is 1. The van der Waals surface area contributed by atoms with Crippen molar-refractivity contribution < 1.29 is 19.1 Å². The molecule has 3 N–H and O–H groups in total. The summed E-state index contributed by atoms with van der Waals surface area (Å²) in [7, 11) is 0. The van der Waals surface area contributed by atoms with E-state index in [4.69, 9.17) is 10.5 Å². The minimum Gasteiger partial charge on any atom is -0.373 e. The number of ether oxygens (including phenoxy) is 1. The second kappa shape index (κ2) is 5.01. The van der Waals surface area contributed by atoms with Crippen molar-refractivity contribution in [3.8, 4) is 0 Å². The Hall–Kier alpha value is -1.47. The number of carbonyl (C=O) groups excluding carboxylic acids is 3. The fraction of sp³-hybridized carbons (Fsp3) is 0.812. The maximum atomic E-state index is 12.5. The Labute approximate surface area is 134 Å². The number of rotatable bonds is 5. The van der Waals surface area contributed by atoms with Gasteiger partial charge in [0.05, 0.1) is 29.6 Å². The van der Waals surface area contributed by atoms with Gasteiger partial charge >= 0.3 is 0 Å². The third-order valence-corrected chi connectivity index (χ3v) is 6.00. The lowest BCUT2D eigenvalue weighted by Crippen LogP contribution is -2.56. The number of nitrogens with two attached hydrogens (primary N) is 1. The quantitative estimate of drug-likeness (QED) is 0.658. The predicted molar refractivity (Wildman–Crippen MR) is 79.9 cm³/mol. The van der Waals surface area contributed by atoms with E-state index < -0.39 is 5.54 Å². The Morgan fingerprint density at radius 1 is 1.22 bits per heavy atom. The van der Waals surface area contributed by atoms with E-state index in [-0.39, 0.29) is 48.3 Å². The lowest BCUT2D eigenvalue weighted by Gasteiger charge is -2.30. The molecule has 5 atom stereocenters. The van der Waals surface area contributed by atoms with E-state index in [0.29, 0.717) is 12.5 Å². The van der Waals surface area contributed by atoms with Crippen molar-refractivity contribution in [2.45, 2.75) is 50.4 Å². The predicted octanol–water partition coefficient (Wildman–Crippen LogP) is -0.608. The van der Waals surface area contributed by atoms with Gasteiger partial charge in [-0.25, -0.2) is 0 Å². The number of likely N-dealkylation sites (tertiary alicyclic amines) is 1. The van der Waals surface area contributed by atoms with Crippen molar-refractivity contribution in [1.29, 1.82) is 0 Å². The first kappa shape index (κ1) is 15.1. The Bertz CT molecular complexity index is 548. The first-order valence-electron chi connectivity index (χ1n) is 8.46. The van der Waals surface area contributed by atoms with Gasteiger partial charge in [-0.2, -0.15) is 0 Å². The van der Waals surface area contributed by atoms with Gasteiger partial charge in [0.25, 0.3) is 0 Å². The molecule has 7 nitrogen and oxygen atoms in total. The molecule has 3 heterocycles. The molecule has 3 aliphatic heterocycles. The lowest BCUT2D eigenvalue weighted by atomic mass is 9.81. The average Bonchev–Trinajstić information content (AvgIpc) is 3.13. The van der Waals surface area contributed by atoms with Gasteiger partial charge in [-0.1, -0.05) is 0 Å². The number of nitrogens with zero attached hydrogens (tertiary/aromatic N) is 1. The summed E-state index contributed by atoms with van der Waals surface area (Å²) in [6.07, 6.45) is 3.49. The van der Waals surface area contributed by atoms with E-state index in [2.05, 4.69) is 5.32 Å². The summed E-state index contributed by atoms with van der Waals surface area (Å²) in [4.78, 5) is 38.5. The highest BCUT2D eigenvalue weighted by Crippen LogP contribution is 2.48. The summed E-state index contributed by atoms with van der Waals surface area (Å²) >= 11 is 0.